The quantitative estimate of drug-likeness (QED) is 0.528. The number of hydrogen-bond acceptors (Lipinski definition) is 4. The van der Waals surface area contributed by atoms with Crippen LogP contribution in [-0.2, 0) is 23.1 Å². The van der Waals surface area contributed by atoms with E-state index < -0.39 is 26.5 Å². The van der Waals surface area contributed by atoms with Crippen molar-refractivity contribution in [2.24, 2.45) is 7.05 Å². The molecule has 0 aliphatic rings. The van der Waals surface area contributed by atoms with Crippen molar-refractivity contribution in [2.45, 2.75) is 18.0 Å². The van der Waals surface area contributed by atoms with Crippen molar-refractivity contribution in [1.82, 2.24) is 14.5 Å². The smallest absolute Gasteiger partial charge is 0.326 e. The second-order valence-electron chi connectivity index (χ2n) is 6.16. The fourth-order valence-corrected chi connectivity index (χ4v) is 4.36. The summed E-state index contributed by atoms with van der Waals surface area (Å²) in [5.74, 6) is 0.0170. The molecule has 0 fully saturated rings. The van der Waals surface area contributed by atoms with Crippen LogP contribution >= 0.6 is 23.2 Å². The van der Waals surface area contributed by atoms with Crippen molar-refractivity contribution in [2.75, 3.05) is 5.75 Å². The van der Waals surface area contributed by atoms with Crippen LogP contribution in [0.15, 0.2) is 41.6 Å². The number of imidazole rings is 1. The van der Waals surface area contributed by atoms with Crippen molar-refractivity contribution < 1.29 is 21.6 Å². The van der Waals surface area contributed by atoms with Crippen molar-refractivity contribution in [3.63, 3.8) is 0 Å². The van der Waals surface area contributed by atoms with Crippen LogP contribution in [0.25, 0.3) is 22.8 Å². The van der Waals surface area contributed by atoms with Gasteiger partial charge in [-0.05, 0) is 24.3 Å². The second-order valence-corrected chi connectivity index (χ2v) is 9.28. The average Bonchev–Trinajstić information content (AvgIpc) is 3.01. The number of aromatic nitrogens is 3. The van der Waals surface area contributed by atoms with E-state index in [0.717, 1.165) is 0 Å². The first-order valence-electron chi connectivity index (χ1n) is 8.22. The maximum absolute atomic E-state index is 13.1. The van der Waals surface area contributed by atoms with E-state index in [1.165, 1.54) is 17.7 Å². The van der Waals surface area contributed by atoms with E-state index in [2.05, 4.69) is 9.97 Å². The number of alkyl halides is 3. The average molecular weight is 464 g/mol. The Hall–Kier alpha value is -2.10. The summed E-state index contributed by atoms with van der Waals surface area (Å²) in [6, 6.07) is 5.37. The Morgan fingerprint density at radius 3 is 2.21 bits per heavy atom. The van der Waals surface area contributed by atoms with Gasteiger partial charge in [0.05, 0.1) is 28.1 Å². The molecule has 5 nitrogen and oxygen atoms in total. The normalized spacial score (nSPS) is 12.4. The summed E-state index contributed by atoms with van der Waals surface area (Å²) < 4.78 is 65.8. The lowest BCUT2D eigenvalue weighted by atomic mass is 10.2. The fourth-order valence-electron chi connectivity index (χ4n) is 2.77. The van der Waals surface area contributed by atoms with Gasteiger partial charge in [0.1, 0.15) is 11.5 Å². The van der Waals surface area contributed by atoms with Gasteiger partial charge in [0.25, 0.3) is 0 Å². The molecule has 0 unspecified atom stereocenters. The largest absolute Gasteiger partial charge is 0.417 e. The van der Waals surface area contributed by atoms with Crippen molar-refractivity contribution in [3.8, 4) is 22.8 Å². The lowest BCUT2D eigenvalue weighted by Gasteiger charge is -2.13. The minimum atomic E-state index is -4.72. The lowest BCUT2D eigenvalue weighted by Crippen LogP contribution is -2.13. The highest BCUT2D eigenvalue weighted by atomic mass is 35.5. The molecule has 0 bridgehead atoms. The van der Waals surface area contributed by atoms with Crippen LogP contribution in [-0.4, -0.2) is 28.7 Å². The van der Waals surface area contributed by atoms with E-state index in [-0.39, 0.29) is 17.1 Å². The Labute approximate surface area is 175 Å². The van der Waals surface area contributed by atoms with Crippen molar-refractivity contribution in [3.05, 3.63) is 52.3 Å². The van der Waals surface area contributed by atoms with Crippen LogP contribution in [0.3, 0.4) is 0 Å². The summed E-state index contributed by atoms with van der Waals surface area (Å²) in [5, 5.41) is 0.748. The number of rotatable bonds is 4. The molecule has 0 atom stereocenters. The molecule has 0 saturated carbocycles. The van der Waals surface area contributed by atoms with E-state index in [0.29, 0.717) is 33.7 Å². The van der Waals surface area contributed by atoms with Crippen LogP contribution in [0.5, 0.6) is 0 Å². The van der Waals surface area contributed by atoms with Crippen LogP contribution in [0.2, 0.25) is 10.0 Å². The first-order valence-corrected chi connectivity index (χ1v) is 10.6. The Balaban J connectivity index is 2.23. The van der Waals surface area contributed by atoms with E-state index in [4.69, 9.17) is 23.2 Å². The Morgan fingerprint density at radius 2 is 1.66 bits per heavy atom. The summed E-state index contributed by atoms with van der Waals surface area (Å²) in [7, 11) is -2.40. The van der Waals surface area contributed by atoms with Gasteiger partial charge in [0.2, 0.25) is 0 Å². The summed E-state index contributed by atoms with van der Waals surface area (Å²) in [6.07, 6.45) is -2.78. The third-order valence-corrected chi connectivity index (χ3v) is 6.42. The van der Waals surface area contributed by atoms with Crippen molar-refractivity contribution in [1.29, 1.82) is 0 Å². The molecule has 29 heavy (non-hydrogen) atoms. The Morgan fingerprint density at radius 1 is 1.03 bits per heavy atom. The monoisotopic (exact) mass is 463 g/mol. The van der Waals surface area contributed by atoms with Crippen LogP contribution in [0.1, 0.15) is 12.5 Å². The molecule has 2 aromatic heterocycles. The maximum atomic E-state index is 13.1. The van der Waals surface area contributed by atoms with Crippen LogP contribution < -0.4 is 0 Å². The van der Waals surface area contributed by atoms with Gasteiger partial charge < -0.3 is 4.57 Å². The zero-order chi connectivity index (χ0) is 21.6. The Bertz CT molecular complexity index is 1170. The summed E-state index contributed by atoms with van der Waals surface area (Å²) in [4.78, 5) is 7.57. The topological polar surface area (TPSA) is 64.8 Å². The third kappa shape index (κ3) is 4.26. The Kier molecular flexibility index (Phi) is 5.68. The lowest BCUT2D eigenvalue weighted by molar-refractivity contribution is -0.138. The van der Waals surface area contributed by atoms with Gasteiger partial charge in [-0.15, -0.1) is 0 Å². The van der Waals surface area contributed by atoms with Crippen LogP contribution in [0.4, 0.5) is 13.2 Å². The van der Waals surface area contributed by atoms with Gasteiger partial charge in [0.15, 0.2) is 9.84 Å². The van der Waals surface area contributed by atoms with E-state index >= 15 is 0 Å². The van der Waals surface area contributed by atoms with E-state index in [1.54, 1.807) is 25.2 Å². The van der Waals surface area contributed by atoms with Crippen LogP contribution in [0, 0.1) is 0 Å². The molecule has 0 aliphatic heterocycles. The standard InChI is InChI=1S/C18H14Cl2F3N3O2S/c1-3-29(27,28)15-6-11(18(21,22)23)8-24-16(15)14-9-25-17(26(14)2)10-4-12(19)7-13(20)5-10/h4-9H,3H2,1-2H3. The molecule has 0 aliphatic carbocycles. The van der Waals surface area contributed by atoms with Gasteiger partial charge in [-0.1, -0.05) is 30.1 Å². The zero-order valence-electron chi connectivity index (χ0n) is 15.1. The summed E-state index contributed by atoms with van der Waals surface area (Å²) in [6.45, 7) is 1.35. The highest BCUT2D eigenvalue weighted by Crippen LogP contribution is 2.35. The second kappa shape index (κ2) is 7.62. The van der Waals surface area contributed by atoms with Gasteiger partial charge in [-0.2, -0.15) is 13.2 Å². The molecule has 1 aromatic carbocycles. The third-order valence-electron chi connectivity index (χ3n) is 4.25. The minimum absolute atomic E-state index is 0.116. The molecule has 3 aromatic rings. The summed E-state index contributed by atoms with van der Waals surface area (Å²) in [5.41, 5.74) is -0.466. The SMILES string of the molecule is CCS(=O)(=O)c1cc(C(F)(F)F)cnc1-c1cnc(-c2cc(Cl)cc(Cl)c2)n1C. The maximum Gasteiger partial charge on any atom is 0.417 e. The molecule has 0 spiro atoms. The van der Waals surface area contributed by atoms with E-state index in [9.17, 15) is 21.6 Å². The molecule has 0 amide bonds. The highest BCUT2D eigenvalue weighted by Gasteiger charge is 2.34. The predicted molar refractivity (Wildman–Crippen MR) is 105 cm³/mol. The van der Waals surface area contributed by atoms with E-state index in [1.807, 2.05) is 0 Å². The molecule has 0 N–H and O–H groups in total. The minimum Gasteiger partial charge on any atom is -0.326 e. The molecule has 154 valence electrons. The van der Waals surface area contributed by atoms with Gasteiger partial charge in [-0.3, -0.25) is 4.98 Å². The number of halogens is 5. The first-order chi connectivity index (χ1) is 13.4. The number of hydrogen-bond donors (Lipinski definition) is 0. The predicted octanol–water partition coefficient (Wildman–Crippen LogP) is 5.27. The number of sulfone groups is 1. The molecule has 0 radical (unpaired) electrons. The molecule has 0 saturated heterocycles. The number of benzene rings is 1. The fraction of sp³-hybridized carbons (Fsp3) is 0.222. The first kappa shape index (κ1) is 21.6. The molecule has 3 rings (SSSR count). The van der Waals surface area contributed by atoms with Gasteiger partial charge >= 0.3 is 6.18 Å². The highest BCUT2D eigenvalue weighted by molar-refractivity contribution is 7.91. The molecule has 2 heterocycles. The van der Waals surface area contributed by atoms with Gasteiger partial charge in [-0.25, -0.2) is 13.4 Å². The molecule has 11 heteroatoms. The summed E-state index contributed by atoms with van der Waals surface area (Å²) >= 11 is 12.0. The molecular formula is C18H14Cl2F3N3O2S. The van der Waals surface area contributed by atoms with Gasteiger partial charge in [0, 0.05) is 28.9 Å². The van der Waals surface area contributed by atoms with Crippen molar-refractivity contribution >= 4 is 33.0 Å². The number of pyridine rings is 1. The molecular weight excluding hydrogens is 450 g/mol. The number of nitrogens with zero attached hydrogens (tertiary/aromatic N) is 3. The zero-order valence-corrected chi connectivity index (χ0v) is 17.5.